The molecule has 1 fully saturated rings. The maximum atomic E-state index is 15.0. The average Bonchev–Trinajstić information content (AvgIpc) is 3.37. The van der Waals surface area contributed by atoms with Crippen LogP contribution in [0.2, 0.25) is 0 Å². The van der Waals surface area contributed by atoms with E-state index in [1.54, 1.807) is 62.4 Å². The SMILES string of the molecule is CCOC(=O)C1=C(C)N(c2cccc(C(F)(F)F)c2)C(=O)N(CCC[N+]2(CCCN3C(=O)N(c4cccc(C(F)(F)F)c4)C(C)=C(C(=O)OCC)[C@H]3c3ccc(C#N)cc3)CCCCC2)[C@@H]1c1ccc(C#N)cc1. The highest BCUT2D eigenvalue weighted by molar-refractivity contribution is 6.04. The first-order valence-electron chi connectivity index (χ1n) is 24.4. The Kier molecular flexibility index (Phi) is 16.6. The fourth-order valence-electron chi connectivity index (χ4n) is 10.4. The Bertz CT molecular complexity index is 2710. The zero-order chi connectivity index (χ0) is 53.5. The van der Waals surface area contributed by atoms with E-state index in [9.17, 15) is 56.0 Å². The summed E-state index contributed by atoms with van der Waals surface area (Å²) in [6.45, 7) is 8.58. The first-order valence-corrected chi connectivity index (χ1v) is 24.4. The van der Waals surface area contributed by atoms with Crippen LogP contribution in [-0.2, 0) is 31.4 Å². The number of piperidine rings is 1. The first kappa shape index (κ1) is 54.1. The number of allylic oxidation sites excluding steroid dienone is 2. The van der Waals surface area contributed by atoms with E-state index in [0.717, 1.165) is 53.3 Å². The standard InChI is InChI=1S/C55H56F6N7O6/c1-5-73-50(69)46-36(3)66(44-16-10-14-42(32-44)54(56,57)58)52(71)64(48(46)40-22-18-38(34-62)19-23-40)26-12-30-68(28-8-7-9-29-68)31-13-27-65-49(41-24-20-39(35-63)21-25-41)47(51(70)74-6-2)37(4)67(53(65)72)45-17-11-15-43(33-45)55(59,60)61/h10-11,14-25,32-33,48-49H,5-9,12-13,26-31H2,1-4H3/q+1/t48-,49-/m1/s1. The van der Waals surface area contributed by atoms with E-state index in [0.29, 0.717) is 65.8 Å². The zero-order valence-electron chi connectivity index (χ0n) is 41.4. The van der Waals surface area contributed by atoms with Crippen LogP contribution in [0.5, 0.6) is 0 Å². The molecule has 74 heavy (non-hydrogen) atoms. The number of nitrogens with zero attached hydrogens (tertiary/aromatic N) is 7. The Labute approximate surface area is 425 Å². The van der Waals surface area contributed by atoms with Gasteiger partial charge in [-0.05, 0) is 119 Å². The molecule has 0 aliphatic carbocycles. The third kappa shape index (κ3) is 11.4. The van der Waals surface area contributed by atoms with Crippen LogP contribution < -0.4 is 9.80 Å². The number of likely N-dealkylation sites (tertiary alicyclic amines) is 1. The highest BCUT2D eigenvalue weighted by atomic mass is 19.4. The number of hydrogen-bond donors (Lipinski definition) is 0. The number of rotatable bonds is 16. The molecule has 19 heteroatoms. The minimum absolute atomic E-state index is 0.0272. The van der Waals surface area contributed by atoms with Crippen molar-refractivity contribution in [3.63, 3.8) is 0 Å². The highest BCUT2D eigenvalue weighted by Gasteiger charge is 2.46. The Hall–Kier alpha value is -7.64. The summed E-state index contributed by atoms with van der Waals surface area (Å²) >= 11 is 0. The third-order valence-electron chi connectivity index (χ3n) is 13.9. The van der Waals surface area contributed by atoms with Crippen LogP contribution in [0, 0.1) is 22.7 Å². The molecule has 13 nitrogen and oxygen atoms in total. The van der Waals surface area contributed by atoms with Crippen molar-refractivity contribution < 1.29 is 59.5 Å². The van der Waals surface area contributed by atoms with Crippen molar-refractivity contribution in [2.45, 2.75) is 84.2 Å². The number of esters is 2. The number of carbonyl (C=O) groups excluding carboxylic acids is 4. The molecule has 0 unspecified atom stereocenters. The summed E-state index contributed by atoms with van der Waals surface area (Å²) in [5.74, 6) is -1.55. The molecule has 0 aromatic heterocycles. The van der Waals surface area contributed by atoms with Gasteiger partial charge >= 0.3 is 36.4 Å². The molecule has 3 heterocycles. The minimum atomic E-state index is -4.74. The van der Waals surface area contributed by atoms with Crippen LogP contribution in [0.1, 0.15) is 105 Å². The van der Waals surface area contributed by atoms with Gasteiger partial charge in [-0.3, -0.25) is 9.80 Å². The summed E-state index contributed by atoms with van der Waals surface area (Å²) in [5, 5.41) is 19.2. The van der Waals surface area contributed by atoms with Gasteiger partial charge in [0.05, 0.1) is 108 Å². The maximum absolute atomic E-state index is 15.0. The fourth-order valence-corrected chi connectivity index (χ4v) is 10.4. The lowest BCUT2D eigenvalue weighted by atomic mass is 9.91. The van der Waals surface area contributed by atoms with Crippen LogP contribution in [-0.4, -0.2) is 90.8 Å². The first-order chi connectivity index (χ1) is 35.3. The fraction of sp³-hybridized carbons (Fsp3) is 0.382. The molecule has 0 bridgehead atoms. The minimum Gasteiger partial charge on any atom is -0.463 e. The number of benzene rings is 4. The topological polar surface area (TPSA) is 147 Å². The summed E-state index contributed by atoms with van der Waals surface area (Å²) in [6.07, 6.45) is -6.13. The molecule has 1 saturated heterocycles. The number of alkyl halides is 6. The van der Waals surface area contributed by atoms with Crippen molar-refractivity contribution >= 4 is 35.4 Å². The molecular weight excluding hydrogens is 969 g/mol. The number of halogens is 6. The molecule has 0 radical (unpaired) electrons. The summed E-state index contributed by atoms with van der Waals surface area (Å²) in [4.78, 5) is 63.1. The van der Waals surface area contributed by atoms with Crippen LogP contribution in [0.25, 0.3) is 0 Å². The molecular formula is C55H56F6N7O6+. The van der Waals surface area contributed by atoms with Crippen LogP contribution in [0.4, 0.5) is 47.3 Å². The highest BCUT2D eigenvalue weighted by Crippen LogP contribution is 2.44. The normalized spacial score (nSPS) is 18.3. The van der Waals surface area contributed by atoms with Gasteiger partial charge in [0.15, 0.2) is 0 Å². The monoisotopic (exact) mass is 1020 g/mol. The van der Waals surface area contributed by atoms with Gasteiger partial charge in [0.25, 0.3) is 0 Å². The lowest BCUT2D eigenvalue weighted by Gasteiger charge is -2.46. The number of ether oxygens (including phenoxy) is 2. The lowest BCUT2D eigenvalue weighted by molar-refractivity contribution is -0.932. The molecule has 7 rings (SSSR count). The number of quaternary nitrogens is 1. The molecule has 3 aliphatic rings. The Balaban J connectivity index is 1.23. The molecule has 2 atom stereocenters. The number of urea groups is 2. The predicted octanol–water partition coefficient (Wildman–Crippen LogP) is 11.6. The Morgan fingerprint density at radius 3 is 1.32 bits per heavy atom. The van der Waals surface area contributed by atoms with E-state index in [-0.39, 0.29) is 60.2 Å². The Morgan fingerprint density at radius 1 is 0.608 bits per heavy atom. The van der Waals surface area contributed by atoms with Gasteiger partial charge in [0, 0.05) is 37.3 Å². The second-order valence-electron chi connectivity index (χ2n) is 18.4. The molecule has 388 valence electrons. The lowest BCUT2D eigenvalue weighted by Crippen LogP contribution is -2.56. The third-order valence-corrected chi connectivity index (χ3v) is 13.9. The number of amides is 4. The van der Waals surface area contributed by atoms with Crippen LogP contribution in [0.3, 0.4) is 0 Å². The summed E-state index contributed by atoms with van der Waals surface area (Å²) < 4.78 is 96.1. The van der Waals surface area contributed by atoms with E-state index in [2.05, 4.69) is 12.1 Å². The van der Waals surface area contributed by atoms with Crippen LogP contribution in [0.15, 0.2) is 120 Å². The summed E-state index contributed by atoms with van der Waals surface area (Å²) in [6, 6.07) is 21.9. The van der Waals surface area contributed by atoms with Gasteiger partial charge in [0.2, 0.25) is 0 Å². The molecule has 0 spiro atoms. The zero-order valence-corrected chi connectivity index (χ0v) is 41.4. The number of nitriles is 2. The number of carbonyl (C=O) groups is 4. The second kappa shape index (κ2) is 22.6. The van der Waals surface area contributed by atoms with Crippen molar-refractivity contribution in [3.8, 4) is 12.1 Å². The number of hydrogen-bond acceptors (Lipinski definition) is 8. The van der Waals surface area contributed by atoms with E-state index in [1.807, 2.05) is 0 Å². The van der Waals surface area contributed by atoms with Crippen molar-refractivity contribution in [2.24, 2.45) is 0 Å². The van der Waals surface area contributed by atoms with Crippen molar-refractivity contribution in [1.82, 2.24) is 9.80 Å². The molecule has 4 amide bonds. The van der Waals surface area contributed by atoms with Gasteiger partial charge in [-0.15, -0.1) is 0 Å². The Morgan fingerprint density at radius 2 is 0.986 bits per heavy atom. The van der Waals surface area contributed by atoms with Crippen LogP contribution >= 0.6 is 0 Å². The molecule has 3 aliphatic heterocycles. The van der Waals surface area contributed by atoms with Gasteiger partial charge < -0.3 is 23.8 Å². The quantitative estimate of drug-likeness (QED) is 0.0612. The predicted molar refractivity (Wildman–Crippen MR) is 261 cm³/mol. The largest absolute Gasteiger partial charge is 0.463 e. The van der Waals surface area contributed by atoms with E-state index in [1.165, 1.54) is 47.9 Å². The van der Waals surface area contributed by atoms with Crippen molar-refractivity contribution in [2.75, 3.05) is 62.3 Å². The van der Waals surface area contributed by atoms with Gasteiger partial charge in [-0.1, -0.05) is 36.4 Å². The van der Waals surface area contributed by atoms with Crippen molar-refractivity contribution in [1.29, 1.82) is 10.5 Å². The van der Waals surface area contributed by atoms with Gasteiger partial charge in [-0.2, -0.15) is 36.9 Å². The van der Waals surface area contributed by atoms with E-state index >= 15 is 0 Å². The molecule has 0 N–H and O–H groups in total. The summed E-state index contributed by atoms with van der Waals surface area (Å²) in [7, 11) is 0. The van der Waals surface area contributed by atoms with Gasteiger partial charge in [0.1, 0.15) is 0 Å². The average molecular weight is 1030 g/mol. The molecule has 4 aromatic carbocycles. The van der Waals surface area contributed by atoms with E-state index in [4.69, 9.17) is 9.47 Å². The maximum Gasteiger partial charge on any atom is 0.416 e. The van der Waals surface area contributed by atoms with Crippen molar-refractivity contribution in [3.05, 3.63) is 153 Å². The van der Waals surface area contributed by atoms with Gasteiger partial charge in [-0.25, -0.2) is 19.2 Å². The molecule has 4 aromatic rings. The second-order valence-corrected chi connectivity index (χ2v) is 18.4. The summed E-state index contributed by atoms with van der Waals surface area (Å²) in [5.41, 5.74) is -0.403. The van der Waals surface area contributed by atoms with E-state index < -0.39 is 59.6 Å². The number of anilines is 2. The smallest absolute Gasteiger partial charge is 0.416 e. The molecule has 0 saturated carbocycles.